The Bertz CT molecular complexity index is 814. The molecule has 3 nitrogen and oxygen atoms in total. The number of halogens is 3. The number of aromatic nitrogens is 1. The van der Waals surface area contributed by atoms with Crippen LogP contribution in [0.15, 0.2) is 60.4 Å². The van der Waals surface area contributed by atoms with Crippen LogP contribution in [-0.2, 0) is 0 Å². The molecule has 2 aromatic carbocycles. The van der Waals surface area contributed by atoms with Crippen LogP contribution in [0.2, 0.25) is 0 Å². The number of nitrogens with zero attached hydrogens (tertiary/aromatic N) is 1. The van der Waals surface area contributed by atoms with Crippen molar-refractivity contribution in [1.29, 1.82) is 0 Å². The standard InChI is InChI=1S/C15H9Br3N2O/c16-9-3-1-2-8(6-9)13-14(20-21-15(13)19)11-5-4-10(17)7-12(11)18/h1-7H,19H2. The minimum Gasteiger partial charge on any atom is -0.367 e. The van der Waals surface area contributed by atoms with Gasteiger partial charge in [0.2, 0.25) is 5.88 Å². The number of nitrogens with two attached hydrogens (primary N) is 1. The number of nitrogen functional groups attached to an aromatic ring is 1. The lowest BCUT2D eigenvalue weighted by atomic mass is 10.0. The molecule has 106 valence electrons. The van der Waals surface area contributed by atoms with E-state index in [0.717, 1.165) is 30.1 Å². The Labute approximate surface area is 146 Å². The van der Waals surface area contributed by atoms with Crippen molar-refractivity contribution in [3.05, 3.63) is 55.9 Å². The van der Waals surface area contributed by atoms with Gasteiger partial charge in [-0.1, -0.05) is 71.1 Å². The highest BCUT2D eigenvalue weighted by Crippen LogP contribution is 2.40. The lowest BCUT2D eigenvalue weighted by Gasteiger charge is -2.06. The first-order valence-electron chi connectivity index (χ1n) is 6.03. The summed E-state index contributed by atoms with van der Waals surface area (Å²) in [5.41, 5.74) is 9.35. The first kappa shape index (κ1) is 14.8. The van der Waals surface area contributed by atoms with Crippen molar-refractivity contribution in [1.82, 2.24) is 5.16 Å². The molecule has 1 heterocycles. The quantitative estimate of drug-likeness (QED) is 0.507. The van der Waals surface area contributed by atoms with Crippen LogP contribution in [0.25, 0.3) is 22.4 Å². The van der Waals surface area contributed by atoms with E-state index < -0.39 is 0 Å². The van der Waals surface area contributed by atoms with E-state index in [4.69, 9.17) is 10.3 Å². The molecule has 3 aromatic rings. The van der Waals surface area contributed by atoms with Crippen LogP contribution in [0, 0.1) is 0 Å². The average Bonchev–Trinajstić information content (AvgIpc) is 2.80. The van der Waals surface area contributed by atoms with Gasteiger partial charge >= 0.3 is 0 Å². The number of hydrogen-bond donors (Lipinski definition) is 1. The molecule has 0 radical (unpaired) electrons. The van der Waals surface area contributed by atoms with Gasteiger partial charge in [0.05, 0.1) is 5.56 Å². The normalized spacial score (nSPS) is 10.8. The van der Waals surface area contributed by atoms with Crippen LogP contribution in [0.3, 0.4) is 0 Å². The zero-order valence-corrected chi connectivity index (χ0v) is 15.4. The molecule has 0 saturated carbocycles. The molecule has 0 aliphatic heterocycles. The molecule has 21 heavy (non-hydrogen) atoms. The van der Waals surface area contributed by atoms with Gasteiger partial charge in [-0.2, -0.15) is 0 Å². The summed E-state index contributed by atoms with van der Waals surface area (Å²) in [5.74, 6) is 0.304. The maximum Gasteiger partial charge on any atom is 0.230 e. The second-order valence-corrected chi connectivity index (χ2v) is 7.09. The number of benzene rings is 2. The topological polar surface area (TPSA) is 52.0 Å². The van der Waals surface area contributed by atoms with Crippen LogP contribution >= 0.6 is 47.8 Å². The Morgan fingerprint density at radius 3 is 2.43 bits per heavy atom. The highest BCUT2D eigenvalue weighted by atomic mass is 79.9. The van der Waals surface area contributed by atoms with Gasteiger partial charge in [-0.15, -0.1) is 0 Å². The van der Waals surface area contributed by atoms with Gasteiger partial charge in [-0.05, 0) is 29.8 Å². The Morgan fingerprint density at radius 2 is 1.71 bits per heavy atom. The molecule has 0 spiro atoms. The fourth-order valence-electron chi connectivity index (χ4n) is 2.09. The second kappa shape index (κ2) is 5.94. The average molecular weight is 473 g/mol. The SMILES string of the molecule is Nc1onc(-c2ccc(Br)cc2Br)c1-c1cccc(Br)c1. The molecule has 3 rings (SSSR count). The van der Waals surface area contributed by atoms with E-state index in [1.807, 2.05) is 42.5 Å². The molecule has 2 N–H and O–H groups in total. The maximum absolute atomic E-state index is 5.97. The molecule has 0 unspecified atom stereocenters. The Hall–Kier alpha value is -1.11. The van der Waals surface area contributed by atoms with Crippen molar-refractivity contribution in [3.63, 3.8) is 0 Å². The largest absolute Gasteiger partial charge is 0.367 e. The summed E-state index contributed by atoms with van der Waals surface area (Å²) in [6.45, 7) is 0. The molecule has 0 bridgehead atoms. The fraction of sp³-hybridized carbons (Fsp3) is 0. The predicted octanol–water partition coefficient (Wildman–Crippen LogP) is 5.88. The minimum absolute atomic E-state index is 0.304. The first-order chi connectivity index (χ1) is 10.1. The van der Waals surface area contributed by atoms with Crippen LogP contribution in [0.1, 0.15) is 0 Å². The van der Waals surface area contributed by atoms with Gasteiger partial charge in [0.1, 0.15) is 5.69 Å². The van der Waals surface area contributed by atoms with Crippen LogP contribution in [-0.4, -0.2) is 5.16 Å². The van der Waals surface area contributed by atoms with E-state index in [2.05, 4.69) is 52.9 Å². The molecular weight excluding hydrogens is 464 g/mol. The number of rotatable bonds is 2. The summed E-state index contributed by atoms with van der Waals surface area (Å²) in [5, 5.41) is 4.12. The first-order valence-corrected chi connectivity index (χ1v) is 8.40. The molecule has 0 saturated heterocycles. The minimum atomic E-state index is 0.304. The summed E-state index contributed by atoms with van der Waals surface area (Å²) in [7, 11) is 0. The van der Waals surface area contributed by atoms with Gasteiger partial charge in [0.25, 0.3) is 0 Å². The zero-order chi connectivity index (χ0) is 15.0. The van der Waals surface area contributed by atoms with Gasteiger partial charge in [-0.3, -0.25) is 0 Å². The van der Waals surface area contributed by atoms with E-state index in [0.29, 0.717) is 11.6 Å². The predicted molar refractivity (Wildman–Crippen MR) is 94.9 cm³/mol. The monoisotopic (exact) mass is 470 g/mol. The van der Waals surface area contributed by atoms with E-state index >= 15 is 0 Å². The van der Waals surface area contributed by atoms with Gasteiger partial charge in [-0.25, -0.2) is 0 Å². The van der Waals surface area contributed by atoms with Crippen molar-refractivity contribution in [3.8, 4) is 22.4 Å². The molecule has 0 atom stereocenters. The Morgan fingerprint density at radius 1 is 0.952 bits per heavy atom. The second-order valence-electron chi connectivity index (χ2n) is 4.40. The van der Waals surface area contributed by atoms with Crippen molar-refractivity contribution < 1.29 is 4.52 Å². The molecule has 0 amide bonds. The fourth-order valence-corrected chi connectivity index (χ4v) is 3.73. The third-order valence-corrected chi connectivity index (χ3v) is 4.66. The lowest BCUT2D eigenvalue weighted by Crippen LogP contribution is -1.88. The highest BCUT2D eigenvalue weighted by molar-refractivity contribution is 9.11. The summed E-state index contributed by atoms with van der Waals surface area (Å²) in [6.07, 6.45) is 0. The zero-order valence-electron chi connectivity index (χ0n) is 10.6. The number of hydrogen-bond acceptors (Lipinski definition) is 3. The third-order valence-electron chi connectivity index (χ3n) is 3.02. The Balaban J connectivity index is 2.22. The molecular formula is C15H9Br3N2O. The van der Waals surface area contributed by atoms with Crippen molar-refractivity contribution >= 4 is 53.7 Å². The van der Waals surface area contributed by atoms with E-state index in [1.165, 1.54) is 0 Å². The van der Waals surface area contributed by atoms with Gasteiger partial charge in [0.15, 0.2) is 0 Å². The molecule has 0 fully saturated rings. The van der Waals surface area contributed by atoms with Crippen LogP contribution in [0.4, 0.5) is 5.88 Å². The van der Waals surface area contributed by atoms with E-state index in [9.17, 15) is 0 Å². The summed E-state index contributed by atoms with van der Waals surface area (Å²) >= 11 is 10.5. The van der Waals surface area contributed by atoms with E-state index in [-0.39, 0.29) is 0 Å². The smallest absolute Gasteiger partial charge is 0.230 e. The molecule has 0 aliphatic carbocycles. The third kappa shape index (κ3) is 2.93. The van der Waals surface area contributed by atoms with Crippen molar-refractivity contribution in [2.24, 2.45) is 0 Å². The number of anilines is 1. The van der Waals surface area contributed by atoms with Crippen molar-refractivity contribution in [2.45, 2.75) is 0 Å². The maximum atomic E-state index is 5.97. The van der Waals surface area contributed by atoms with Gasteiger partial charge in [0, 0.05) is 19.0 Å². The highest BCUT2D eigenvalue weighted by Gasteiger charge is 2.19. The molecule has 0 aliphatic rings. The van der Waals surface area contributed by atoms with Crippen LogP contribution in [0.5, 0.6) is 0 Å². The molecule has 1 aromatic heterocycles. The summed E-state index contributed by atoms with van der Waals surface area (Å²) < 4.78 is 8.09. The summed E-state index contributed by atoms with van der Waals surface area (Å²) in [4.78, 5) is 0. The van der Waals surface area contributed by atoms with E-state index in [1.54, 1.807) is 0 Å². The summed E-state index contributed by atoms with van der Waals surface area (Å²) in [6, 6.07) is 13.8. The van der Waals surface area contributed by atoms with Crippen molar-refractivity contribution in [2.75, 3.05) is 5.73 Å². The molecule has 6 heteroatoms. The van der Waals surface area contributed by atoms with Crippen LogP contribution < -0.4 is 5.73 Å². The van der Waals surface area contributed by atoms with Gasteiger partial charge < -0.3 is 10.3 Å². The lowest BCUT2D eigenvalue weighted by molar-refractivity contribution is 0.439. The Kier molecular flexibility index (Phi) is 4.19.